The molecule has 1 saturated heterocycles. The second-order valence-corrected chi connectivity index (χ2v) is 9.96. The molecule has 1 aromatic heterocycles. The standard InChI is InChI=1S/C27H32N6O3/c1-31(2)26(35)20(13-18-7-8-24-21(14-18)16-28-30-24)15-25(34)32-11-9-22(10-12-32)33-17-19-5-3-4-6-23(19)29-27(33)36/h3-8,14,16,20,22H,9-13,15,17H2,1-2H3,(H,28,30)(H,29,36)/t20-/m1/s1. The molecule has 1 atom stereocenters. The molecule has 9 nitrogen and oxygen atoms in total. The minimum Gasteiger partial charge on any atom is -0.349 e. The van der Waals surface area contributed by atoms with Gasteiger partial charge in [-0.2, -0.15) is 5.10 Å². The van der Waals surface area contributed by atoms with Crippen molar-refractivity contribution in [3.05, 3.63) is 59.8 Å². The molecule has 188 valence electrons. The normalized spacial score (nSPS) is 17.0. The number of carbonyl (C=O) groups excluding carboxylic acids is 3. The van der Waals surface area contributed by atoms with Crippen LogP contribution in [0.1, 0.15) is 30.4 Å². The van der Waals surface area contributed by atoms with Crippen LogP contribution in [0.25, 0.3) is 10.9 Å². The van der Waals surface area contributed by atoms with Crippen LogP contribution in [0.15, 0.2) is 48.7 Å². The fraction of sp³-hybridized carbons (Fsp3) is 0.407. The third-order valence-corrected chi connectivity index (χ3v) is 7.32. The fourth-order valence-corrected chi connectivity index (χ4v) is 5.30. The van der Waals surface area contributed by atoms with Gasteiger partial charge in [0.2, 0.25) is 11.8 Å². The van der Waals surface area contributed by atoms with Gasteiger partial charge in [0.15, 0.2) is 0 Å². The first kappa shape index (κ1) is 23.8. The number of hydrogen-bond acceptors (Lipinski definition) is 4. The summed E-state index contributed by atoms with van der Waals surface area (Å²) in [4.78, 5) is 44.2. The number of nitrogens with one attached hydrogen (secondary N) is 2. The van der Waals surface area contributed by atoms with Gasteiger partial charge < -0.3 is 20.0 Å². The molecule has 3 heterocycles. The number of nitrogens with zero attached hydrogens (tertiary/aromatic N) is 4. The molecule has 0 aliphatic carbocycles. The number of hydrogen-bond donors (Lipinski definition) is 2. The van der Waals surface area contributed by atoms with E-state index in [-0.39, 0.29) is 30.3 Å². The highest BCUT2D eigenvalue weighted by molar-refractivity contribution is 5.92. The van der Waals surface area contributed by atoms with Crippen LogP contribution in [0.4, 0.5) is 10.5 Å². The van der Waals surface area contributed by atoms with E-state index >= 15 is 0 Å². The second-order valence-electron chi connectivity index (χ2n) is 9.96. The number of rotatable bonds is 6. The van der Waals surface area contributed by atoms with Crippen molar-refractivity contribution in [2.45, 2.75) is 38.3 Å². The van der Waals surface area contributed by atoms with Crippen molar-refractivity contribution in [2.24, 2.45) is 5.92 Å². The monoisotopic (exact) mass is 488 g/mol. The van der Waals surface area contributed by atoms with E-state index in [0.29, 0.717) is 26.1 Å². The molecule has 1 fully saturated rings. The molecule has 9 heteroatoms. The number of benzene rings is 2. The number of amides is 4. The SMILES string of the molecule is CN(C)C(=O)[C@@H](CC(=O)N1CCC(N2Cc3ccccc3NC2=O)CC1)Cc1ccc2[nH]ncc2c1. The van der Waals surface area contributed by atoms with Crippen molar-refractivity contribution in [2.75, 3.05) is 32.5 Å². The maximum atomic E-state index is 13.3. The van der Waals surface area contributed by atoms with Crippen molar-refractivity contribution in [1.29, 1.82) is 0 Å². The van der Waals surface area contributed by atoms with Crippen molar-refractivity contribution in [3.8, 4) is 0 Å². The Morgan fingerprint density at radius 1 is 1.14 bits per heavy atom. The lowest BCUT2D eigenvalue weighted by atomic mass is 9.93. The second kappa shape index (κ2) is 10.0. The summed E-state index contributed by atoms with van der Waals surface area (Å²) >= 11 is 0. The summed E-state index contributed by atoms with van der Waals surface area (Å²) in [6.07, 6.45) is 3.88. The van der Waals surface area contributed by atoms with E-state index in [2.05, 4.69) is 15.5 Å². The highest BCUT2D eigenvalue weighted by Crippen LogP contribution is 2.28. The Labute approximate surface area is 210 Å². The van der Waals surface area contributed by atoms with E-state index in [1.54, 1.807) is 25.2 Å². The first-order valence-electron chi connectivity index (χ1n) is 12.5. The highest BCUT2D eigenvalue weighted by Gasteiger charge is 2.34. The number of piperidine rings is 1. The maximum Gasteiger partial charge on any atom is 0.322 e. The van der Waals surface area contributed by atoms with Gasteiger partial charge in [0.25, 0.3) is 0 Å². The van der Waals surface area contributed by atoms with Gasteiger partial charge in [-0.3, -0.25) is 14.7 Å². The lowest BCUT2D eigenvalue weighted by molar-refractivity contribution is -0.140. The summed E-state index contributed by atoms with van der Waals surface area (Å²) in [7, 11) is 3.46. The van der Waals surface area contributed by atoms with Gasteiger partial charge in [-0.25, -0.2) is 4.79 Å². The van der Waals surface area contributed by atoms with Gasteiger partial charge in [0.1, 0.15) is 0 Å². The predicted molar refractivity (Wildman–Crippen MR) is 137 cm³/mol. The lowest BCUT2D eigenvalue weighted by Gasteiger charge is -2.40. The Hall–Kier alpha value is -3.88. The topological polar surface area (TPSA) is 102 Å². The molecule has 2 aliphatic heterocycles. The molecule has 4 amide bonds. The third-order valence-electron chi connectivity index (χ3n) is 7.32. The van der Waals surface area contributed by atoms with Gasteiger partial charge in [0, 0.05) is 57.3 Å². The fourth-order valence-electron chi connectivity index (χ4n) is 5.30. The van der Waals surface area contributed by atoms with Crippen LogP contribution in [0.2, 0.25) is 0 Å². The number of H-pyrrole nitrogens is 1. The van der Waals surface area contributed by atoms with Crippen LogP contribution in [0, 0.1) is 5.92 Å². The molecule has 2 aliphatic rings. The molecule has 0 spiro atoms. The molecular formula is C27H32N6O3. The van der Waals surface area contributed by atoms with Gasteiger partial charge in [-0.05, 0) is 48.6 Å². The van der Waals surface area contributed by atoms with E-state index in [0.717, 1.165) is 40.6 Å². The molecule has 3 aromatic rings. The third kappa shape index (κ3) is 4.91. The minimum atomic E-state index is -0.432. The molecule has 0 bridgehead atoms. The average Bonchev–Trinajstić information content (AvgIpc) is 3.35. The summed E-state index contributed by atoms with van der Waals surface area (Å²) < 4.78 is 0. The van der Waals surface area contributed by atoms with Crippen LogP contribution < -0.4 is 5.32 Å². The van der Waals surface area contributed by atoms with E-state index in [9.17, 15) is 14.4 Å². The van der Waals surface area contributed by atoms with E-state index in [4.69, 9.17) is 0 Å². The van der Waals surface area contributed by atoms with E-state index in [1.165, 1.54) is 0 Å². The first-order chi connectivity index (χ1) is 17.4. The lowest BCUT2D eigenvalue weighted by Crippen LogP contribution is -2.51. The van der Waals surface area contributed by atoms with Crippen LogP contribution >= 0.6 is 0 Å². The molecule has 0 unspecified atom stereocenters. The number of para-hydroxylation sites is 1. The highest BCUT2D eigenvalue weighted by atomic mass is 16.2. The number of fused-ring (bicyclic) bond motifs is 2. The molecular weight excluding hydrogens is 456 g/mol. The number of aromatic amines is 1. The largest absolute Gasteiger partial charge is 0.349 e. The van der Waals surface area contributed by atoms with E-state index in [1.807, 2.05) is 52.3 Å². The van der Waals surface area contributed by atoms with Crippen molar-refractivity contribution in [1.82, 2.24) is 24.9 Å². The summed E-state index contributed by atoms with van der Waals surface area (Å²) in [5.41, 5.74) is 3.93. The summed E-state index contributed by atoms with van der Waals surface area (Å²) in [6.45, 7) is 1.75. The van der Waals surface area contributed by atoms with Gasteiger partial charge in [0.05, 0.1) is 17.6 Å². The predicted octanol–water partition coefficient (Wildman–Crippen LogP) is 3.24. The molecule has 0 radical (unpaired) electrons. The number of anilines is 1. The number of urea groups is 1. The Bertz CT molecular complexity index is 1280. The van der Waals surface area contributed by atoms with Gasteiger partial charge in [-0.1, -0.05) is 24.3 Å². The zero-order chi connectivity index (χ0) is 25.2. The van der Waals surface area contributed by atoms with Crippen LogP contribution in [0.5, 0.6) is 0 Å². The van der Waals surface area contributed by atoms with Crippen molar-refractivity contribution >= 4 is 34.4 Å². The zero-order valence-corrected chi connectivity index (χ0v) is 20.7. The molecule has 5 rings (SSSR count). The average molecular weight is 489 g/mol. The van der Waals surface area contributed by atoms with Gasteiger partial charge >= 0.3 is 6.03 Å². The summed E-state index contributed by atoms with van der Waals surface area (Å²) in [6, 6.07) is 13.8. The Kier molecular flexibility index (Phi) is 6.63. The van der Waals surface area contributed by atoms with E-state index < -0.39 is 5.92 Å². The minimum absolute atomic E-state index is 0.00789. The van der Waals surface area contributed by atoms with Crippen LogP contribution in [-0.4, -0.2) is 76.0 Å². The smallest absolute Gasteiger partial charge is 0.322 e. The Morgan fingerprint density at radius 2 is 1.92 bits per heavy atom. The molecule has 2 aromatic carbocycles. The number of likely N-dealkylation sites (tertiary alicyclic amines) is 1. The summed E-state index contributed by atoms with van der Waals surface area (Å²) in [5.74, 6) is -0.486. The quantitative estimate of drug-likeness (QED) is 0.556. The number of carbonyl (C=O) groups is 3. The Morgan fingerprint density at radius 3 is 2.69 bits per heavy atom. The number of aromatic nitrogens is 2. The van der Waals surface area contributed by atoms with Crippen LogP contribution in [-0.2, 0) is 22.6 Å². The molecule has 0 saturated carbocycles. The first-order valence-corrected chi connectivity index (χ1v) is 12.5. The zero-order valence-electron chi connectivity index (χ0n) is 20.7. The molecule has 2 N–H and O–H groups in total. The summed E-state index contributed by atoms with van der Waals surface area (Å²) in [5, 5.41) is 11.0. The maximum absolute atomic E-state index is 13.3. The van der Waals surface area contributed by atoms with Crippen LogP contribution in [0.3, 0.4) is 0 Å². The van der Waals surface area contributed by atoms with Crippen molar-refractivity contribution < 1.29 is 14.4 Å². The van der Waals surface area contributed by atoms with Gasteiger partial charge in [-0.15, -0.1) is 0 Å². The Balaban J connectivity index is 1.21. The molecule has 36 heavy (non-hydrogen) atoms. The van der Waals surface area contributed by atoms with Crippen molar-refractivity contribution in [3.63, 3.8) is 0 Å².